The number of hydrogen-bond acceptors (Lipinski definition) is 5. The first-order valence-corrected chi connectivity index (χ1v) is 5.98. The normalized spacial score (nSPS) is 32.9. The predicted molar refractivity (Wildman–Crippen MR) is 62.6 cm³/mol. The minimum Gasteiger partial charge on any atom is -0.359 e. The van der Waals surface area contributed by atoms with Crippen LogP contribution in [0.2, 0.25) is 0 Å². The Labute approximate surface area is 102 Å². The number of methoxy groups -OCH3 is 2. The molecule has 0 unspecified atom stereocenters. The second-order valence-corrected chi connectivity index (χ2v) is 4.35. The van der Waals surface area contributed by atoms with Gasteiger partial charge < -0.3 is 18.9 Å². The summed E-state index contributed by atoms with van der Waals surface area (Å²) in [6.07, 6.45) is 5.60. The zero-order valence-electron chi connectivity index (χ0n) is 10.5. The van der Waals surface area contributed by atoms with Crippen LogP contribution in [0.4, 0.5) is 0 Å². The van der Waals surface area contributed by atoms with E-state index in [2.05, 4.69) is 17.1 Å². The molecule has 5 heteroatoms. The first-order valence-electron chi connectivity index (χ1n) is 5.98. The van der Waals surface area contributed by atoms with Crippen LogP contribution in [0.5, 0.6) is 0 Å². The van der Waals surface area contributed by atoms with Gasteiger partial charge in [0.05, 0.1) is 6.04 Å². The highest BCUT2D eigenvalue weighted by molar-refractivity contribution is 5.10. The van der Waals surface area contributed by atoms with E-state index in [1.54, 1.807) is 14.2 Å². The van der Waals surface area contributed by atoms with Gasteiger partial charge in [0.15, 0.2) is 0 Å². The van der Waals surface area contributed by atoms with Crippen LogP contribution in [0.3, 0.4) is 0 Å². The van der Waals surface area contributed by atoms with Crippen LogP contribution in [-0.4, -0.2) is 64.0 Å². The zero-order valence-corrected chi connectivity index (χ0v) is 10.5. The monoisotopic (exact) mass is 243 g/mol. The van der Waals surface area contributed by atoms with E-state index in [1.165, 1.54) is 0 Å². The van der Waals surface area contributed by atoms with Gasteiger partial charge in [-0.3, -0.25) is 4.90 Å². The van der Waals surface area contributed by atoms with Crippen molar-refractivity contribution >= 4 is 0 Å². The lowest BCUT2D eigenvalue weighted by Gasteiger charge is -2.27. The van der Waals surface area contributed by atoms with Crippen molar-refractivity contribution in [1.29, 1.82) is 0 Å². The molecular formula is C12H21NO4. The van der Waals surface area contributed by atoms with Gasteiger partial charge in [-0.05, 0) is 6.42 Å². The first-order chi connectivity index (χ1) is 8.36. The van der Waals surface area contributed by atoms with Crippen LogP contribution in [0.1, 0.15) is 6.42 Å². The molecule has 0 spiro atoms. The summed E-state index contributed by atoms with van der Waals surface area (Å²) in [6, 6.07) is 0.306. The molecule has 2 heterocycles. The van der Waals surface area contributed by atoms with Crippen LogP contribution >= 0.6 is 0 Å². The summed E-state index contributed by atoms with van der Waals surface area (Å²) in [5.41, 5.74) is 0. The summed E-state index contributed by atoms with van der Waals surface area (Å²) in [7, 11) is 3.27. The van der Waals surface area contributed by atoms with Crippen LogP contribution in [0.15, 0.2) is 12.2 Å². The number of fused-ring (bicyclic) bond motifs is 1. The third-order valence-corrected chi connectivity index (χ3v) is 3.23. The molecule has 17 heavy (non-hydrogen) atoms. The maximum atomic E-state index is 5.74. The summed E-state index contributed by atoms with van der Waals surface area (Å²) in [4.78, 5) is 2.39. The van der Waals surface area contributed by atoms with Crippen molar-refractivity contribution in [1.82, 2.24) is 4.90 Å². The van der Waals surface area contributed by atoms with E-state index in [9.17, 15) is 0 Å². The molecule has 0 bridgehead atoms. The van der Waals surface area contributed by atoms with Crippen molar-refractivity contribution in [3.63, 3.8) is 0 Å². The van der Waals surface area contributed by atoms with Crippen molar-refractivity contribution in [2.24, 2.45) is 0 Å². The molecule has 1 fully saturated rings. The van der Waals surface area contributed by atoms with E-state index in [1.807, 2.05) is 0 Å². The fourth-order valence-electron chi connectivity index (χ4n) is 2.49. The molecule has 2 rings (SSSR count). The molecule has 5 nitrogen and oxygen atoms in total. The predicted octanol–water partition coefficient (Wildman–Crippen LogP) is 0.609. The molecule has 2 aliphatic heterocycles. The highest BCUT2D eigenvalue weighted by Crippen LogP contribution is 2.27. The van der Waals surface area contributed by atoms with Crippen molar-refractivity contribution in [3.05, 3.63) is 12.2 Å². The van der Waals surface area contributed by atoms with Gasteiger partial charge in [-0.25, -0.2) is 0 Å². The largest absolute Gasteiger partial charge is 0.359 e. The first kappa shape index (κ1) is 13.0. The molecule has 0 aromatic carbocycles. The molecule has 0 radical (unpaired) electrons. The minimum absolute atomic E-state index is 0.0293. The molecular weight excluding hydrogens is 222 g/mol. The maximum absolute atomic E-state index is 5.74. The van der Waals surface area contributed by atoms with Crippen molar-refractivity contribution in [2.45, 2.75) is 24.7 Å². The van der Waals surface area contributed by atoms with E-state index in [0.29, 0.717) is 19.6 Å². The SMILES string of the molecule is COCO[C@@H]1[C@@H](OCOC)CN2CCC=C[C@@H]12. The summed E-state index contributed by atoms with van der Waals surface area (Å²) in [5.74, 6) is 0. The molecule has 0 N–H and O–H groups in total. The van der Waals surface area contributed by atoms with Crippen molar-refractivity contribution in [2.75, 3.05) is 40.9 Å². The van der Waals surface area contributed by atoms with E-state index < -0.39 is 0 Å². The average Bonchev–Trinajstić information content (AvgIpc) is 2.71. The Morgan fingerprint density at radius 3 is 2.71 bits per heavy atom. The van der Waals surface area contributed by atoms with Gasteiger partial charge in [0.2, 0.25) is 0 Å². The molecule has 3 atom stereocenters. The Morgan fingerprint density at radius 2 is 1.94 bits per heavy atom. The van der Waals surface area contributed by atoms with E-state index >= 15 is 0 Å². The molecule has 0 saturated carbocycles. The summed E-state index contributed by atoms with van der Waals surface area (Å²) in [5, 5.41) is 0. The lowest BCUT2D eigenvalue weighted by Crippen LogP contribution is -2.39. The quantitative estimate of drug-likeness (QED) is 0.505. The fraction of sp³-hybridized carbons (Fsp3) is 0.833. The number of nitrogens with zero attached hydrogens (tertiary/aromatic N) is 1. The lowest BCUT2D eigenvalue weighted by atomic mass is 10.1. The zero-order chi connectivity index (χ0) is 12.1. The molecule has 1 saturated heterocycles. The molecule has 2 aliphatic rings. The average molecular weight is 243 g/mol. The highest BCUT2D eigenvalue weighted by atomic mass is 16.7. The Bertz CT molecular complexity index is 259. The third kappa shape index (κ3) is 3.05. The Hall–Kier alpha value is -0.460. The van der Waals surface area contributed by atoms with E-state index in [-0.39, 0.29) is 12.2 Å². The maximum Gasteiger partial charge on any atom is 0.146 e. The highest BCUT2D eigenvalue weighted by Gasteiger charge is 2.42. The van der Waals surface area contributed by atoms with Gasteiger partial charge in [0, 0.05) is 27.3 Å². The number of hydrogen-bond donors (Lipinski definition) is 0. The lowest BCUT2D eigenvalue weighted by molar-refractivity contribution is -0.144. The molecule has 0 amide bonds. The summed E-state index contributed by atoms with van der Waals surface area (Å²) < 4.78 is 21.4. The van der Waals surface area contributed by atoms with Gasteiger partial charge in [-0.2, -0.15) is 0 Å². The van der Waals surface area contributed by atoms with Gasteiger partial charge in [0.25, 0.3) is 0 Å². The molecule has 0 aromatic heterocycles. The number of rotatable bonds is 6. The Kier molecular flexibility index (Phi) is 4.94. The topological polar surface area (TPSA) is 40.2 Å². The van der Waals surface area contributed by atoms with Crippen LogP contribution < -0.4 is 0 Å². The Balaban J connectivity index is 1.97. The second-order valence-electron chi connectivity index (χ2n) is 4.35. The van der Waals surface area contributed by atoms with Crippen LogP contribution in [-0.2, 0) is 18.9 Å². The van der Waals surface area contributed by atoms with E-state index in [0.717, 1.165) is 19.5 Å². The minimum atomic E-state index is 0.0293. The van der Waals surface area contributed by atoms with Crippen LogP contribution in [0.25, 0.3) is 0 Å². The van der Waals surface area contributed by atoms with Gasteiger partial charge in [-0.15, -0.1) is 0 Å². The van der Waals surface area contributed by atoms with Gasteiger partial charge >= 0.3 is 0 Å². The third-order valence-electron chi connectivity index (χ3n) is 3.23. The molecule has 0 aliphatic carbocycles. The van der Waals surface area contributed by atoms with E-state index in [4.69, 9.17) is 18.9 Å². The molecule has 0 aromatic rings. The van der Waals surface area contributed by atoms with Crippen molar-refractivity contribution < 1.29 is 18.9 Å². The fourth-order valence-corrected chi connectivity index (χ4v) is 2.49. The summed E-state index contributed by atoms with van der Waals surface area (Å²) >= 11 is 0. The second kappa shape index (κ2) is 6.47. The van der Waals surface area contributed by atoms with Crippen LogP contribution in [0, 0.1) is 0 Å². The number of ether oxygens (including phenoxy) is 4. The standard InChI is InChI=1S/C12H21NO4/c1-14-8-16-11-7-13-6-4-3-5-10(13)12(11)17-9-15-2/h3,5,10-12H,4,6-9H2,1-2H3/t10-,11-,12-/m0/s1. The Morgan fingerprint density at radius 1 is 1.18 bits per heavy atom. The van der Waals surface area contributed by atoms with Gasteiger partial charge in [0.1, 0.15) is 25.8 Å². The molecule has 98 valence electrons. The smallest absolute Gasteiger partial charge is 0.146 e. The summed E-state index contributed by atoms with van der Waals surface area (Å²) in [6.45, 7) is 2.57. The van der Waals surface area contributed by atoms with Crippen molar-refractivity contribution in [3.8, 4) is 0 Å². The van der Waals surface area contributed by atoms with Gasteiger partial charge in [-0.1, -0.05) is 12.2 Å².